The first-order chi connectivity index (χ1) is 7.48. The Balaban J connectivity index is 2.00. The van der Waals surface area contributed by atoms with Crippen LogP contribution in [0.15, 0.2) is 6.20 Å². The summed E-state index contributed by atoms with van der Waals surface area (Å²) in [5, 5.41) is 18.5. The topological polar surface area (TPSA) is 97.1 Å². The first kappa shape index (κ1) is 10.6. The lowest BCUT2D eigenvalue weighted by molar-refractivity contribution is -0.137. The molecular weight excluding hydrogens is 212 g/mol. The highest BCUT2D eigenvalue weighted by molar-refractivity contribution is 5.92. The molecule has 0 unspecified atom stereocenters. The fraction of sp³-hybridized carbons (Fsp3) is 0.556. The van der Waals surface area contributed by atoms with E-state index < -0.39 is 5.97 Å². The summed E-state index contributed by atoms with van der Waals surface area (Å²) in [6.07, 6.45) is 3.25. The smallest absolute Gasteiger partial charge is 0.325 e. The molecule has 1 aliphatic rings. The van der Waals surface area contributed by atoms with Crippen molar-refractivity contribution in [1.82, 2.24) is 20.3 Å². The number of nitrogens with zero attached hydrogens (tertiary/aromatic N) is 3. The number of hydrogen-bond acceptors (Lipinski definition) is 4. The van der Waals surface area contributed by atoms with Gasteiger partial charge in [0, 0.05) is 5.54 Å². The van der Waals surface area contributed by atoms with Crippen molar-refractivity contribution in [3.05, 3.63) is 11.9 Å². The standard InChI is InChI=1S/C9H12N4O3/c1-9(2-3-9)10-8(16)6-4-13(12-11-6)5-7(14)15/h4H,2-3,5H2,1H3,(H,10,16)(H,14,15). The molecule has 1 heterocycles. The molecule has 16 heavy (non-hydrogen) atoms. The molecule has 0 radical (unpaired) electrons. The van der Waals surface area contributed by atoms with Gasteiger partial charge in [0.15, 0.2) is 5.69 Å². The summed E-state index contributed by atoms with van der Waals surface area (Å²) in [6, 6.07) is 0. The Morgan fingerprint density at radius 2 is 2.31 bits per heavy atom. The molecule has 1 saturated carbocycles. The third-order valence-electron chi connectivity index (χ3n) is 2.48. The molecule has 0 atom stereocenters. The van der Waals surface area contributed by atoms with E-state index in [1.165, 1.54) is 6.20 Å². The summed E-state index contributed by atoms with van der Waals surface area (Å²) in [4.78, 5) is 22.0. The third kappa shape index (κ3) is 2.36. The van der Waals surface area contributed by atoms with Crippen molar-refractivity contribution < 1.29 is 14.7 Å². The Labute approximate surface area is 91.4 Å². The van der Waals surface area contributed by atoms with E-state index in [0.29, 0.717) is 0 Å². The van der Waals surface area contributed by atoms with Crippen LogP contribution in [0.4, 0.5) is 0 Å². The number of nitrogens with one attached hydrogen (secondary N) is 1. The number of rotatable bonds is 4. The number of aliphatic carboxylic acids is 1. The number of carboxylic acids is 1. The fourth-order valence-corrected chi connectivity index (χ4v) is 1.27. The highest BCUT2D eigenvalue weighted by Gasteiger charge is 2.39. The van der Waals surface area contributed by atoms with Gasteiger partial charge in [-0.1, -0.05) is 5.21 Å². The van der Waals surface area contributed by atoms with E-state index in [-0.39, 0.29) is 23.7 Å². The van der Waals surface area contributed by atoms with Crippen LogP contribution in [0.1, 0.15) is 30.3 Å². The second kappa shape index (κ2) is 3.58. The van der Waals surface area contributed by atoms with Crippen LogP contribution in [0.3, 0.4) is 0 Å². The molecule has 1 amide bonds. The monoisotopic (exact) mass is 224 g/mol. The van der Waals surface area contributed by atoms with Crippen LogP contribution < -0.4 is 5.32 Å². The molecule has 0 saturated heterocycles. The summed E-state index contributed by atoms with van der Waals surface area (Å²) in [5.74, 6) is -1.33. The van der Waals surface area contributed by atoms with Crippen molar-refractivity contribution in [1.29, 1.82) is 0 Å². The molecular formula is C9H12N4O3. The van der Waals surface area contributed by atoms with Crippen molar-refractivity contribution in [2.24, 2.45) is 0 Å². The molecule has 0 aromatic carbocycles. The van der Waals surface area contributed by atoms with Crippen LogP contribution in [0.5, 0.6) is 0 Å². The molecule has 0 spiro atoms. The Morgan fingerprint density at radius 1 is 1.62 bits per heavy atom. The minimum absolute atomic E-state index is 0.117. The maximum Gasteiger partial charge on any atom is 0.325 e. The molecule has 0 bridgehead atoms. The van der Waals surface area contributed by atoms with E-state index >= 15 is 0 Å². The normalized spacial score (nSPS) is 16.8. The minimum atomic E-state index is -1.02. The van der Waals surface area contributed by atoms with Crippen LogP contribution in [0.2, 0.25) is 0 Å². The molecule has 7 heteroatoms. The van der Waals surface area contributed by atoms with Gasteiger partial charge in [-0.3, -0.25) is 9.59 Å². The Bertz CT molecular complexity index is 436. The first-order valence-corrected chi connectivity index (χ1v) is 4.93. The number of amides is 1. The van der Waals surface area contributed by atoms with Crippen LogP contribution >= 0.6 is 0 Å². The average Bonchev–Trinajstić information content (AvgIpc) is 2.74. The second-order valence-electron chi connectivity index (χ2n) is 4.21. The van der Waals surface area contributed by atoms with Crippen LogP contribution in [0.25, 0.3) is 0 Å². The van der Waals surface area contributed by atoms with Gasteiger partial charge in [0.1, 0.15) is 6.54 Å². The number of aromatic nitrogens is 3. The molecule has 1 aromatic rings. The number of carbonyl (C=O) groups excluding carboxylic acids is 1. The maximum absolute atomic E-state index is 11.6. The van der Waals surface area contributed by atoms with Crippen LogP contribution in [-0.4, -0.2) is 37.5 Å². The van der Waals surface area contributed by atoms with E-state index in [0.717, 1.165) is 17.5 Å². The Kier molecular flexibility index (Phi) is 2.37. The lowest BCUT2D eigenvalue weighted by Crippen LogP contribution is -2.34. The fourth-order valence-electron chi connectivity index (χ4n) is 1.27. The van der Waals surface area contributed by atoms with Gasteiger partial charge < -0.3 is 10.4 Å². The summed E-state index contributed by atoms with van der Waals surface area (Å²) in [7, 11) is 0. The molecule has 1 aliphatic carbocycles. The van der Waals surface area contributed by atoms with Crippen molar-refractivity contribution >= 4 is 11.9 Å². The SMILES string of the molecule is CC1(NC(=O)c2cn(CC(=O)O)nn2)CC1. The predicted octanol–water partition coefficient (Wildman–Crippen LogP) is -0.355. The molecule has 1 aromatic heterocycles. The second-order valence-corrected chi connectivity index (χ2v) is 4.21. The predicted molar refractivity (Wildman–Crippen MR) is 52.8 cm³/mol. The molecule has 1 fully saturated rings. The van der Waals surface area contributed by atoms with E-state index in [9.17, 15) is 9.59 Å². The summed E-state index contributed by atoms with van der Waals surface area (Å²) < 4.78 is 1.12. The van der Waals surface area contributed by atoms with Gasteiger partial charge >= 0.3 is 5.97 Å². The Hall–Kier alpha value is -1.92. The van der Waals surface area contributed by atoms with Crippen molar-refractivity contribution in [2.75, 3.05) is 0 Å². The quantitative estimate of drug-likeness (QED) is 0.728. The zero-order chi connectivity index (χ0) is 11.8. The van der Waals surface area contributed by atoms with Gasteiger partial charge in [-0.15, -0.1) is 5.10 Å². The largest absolute Gasteiger partial charge is 0.480 e. The molecule has 86 valence electrons. The van der Waals surface area contributed by atoms with Gasteiger partial charge in [-0.2, -0.15) is 0 Å². The highest BCUT2D eigenvalue weighted by Crippen LogP contribution is 2.34. The molecule has 7 nitrogen and oxygen atoms in total. The number of carboxylic acid groups (broad SMARTS) is 1. The van der Waals surface area contributed by atoms with Crippen molar-refractivity contribution in [3.63, 3.8) is 0 Å². The summed E-state index contributed by atoms with van der Waals surface area (Å²) >= 11 is 0. The lowest BCUT2D eigenvalue weighted by atomic mass is 10.3. The van der Waals surface area contributed by atoms with Gasteiger partial charge in [-0.25, -0.2) is 4.68 Å². The van der Waals surface area contributed by atoms with Crippen molar-refractivity contribution in [3.8, 4) is 0 Å². The zero-order valence-electron chi connectivity index (χ0n) is 8.80. The molecule has 2 rings (SSSR count). The third-order valence-corrected chi connectivity index (χ3v) is 2.48. The molecule has 2 N–H and O–H groups in total. The first-order valence-electron chi connectivity index (χ1n) is 4.93. The van der Waals surface area contributed by atoms with E-state index in [1.807, 2.05) is 6.92 Å². The van der Waals surface area contributed by atoms with Gasteiger partial charge in [0.2, 0.25) is 0 Å². The van der Waals surface area contributed by atoms with Crippen molar-refractivity contribution in [2.45, 2.75) is 31.8 Å². The van der Waals surface area contributed by atoms with Crippen LogP contribution in [-0.2, 0) is 11.3 Å². The minimum Gasteiger partial charge on any atom is -0.480 e. The average molecular weight is 224 g/mol. The van der Waals surface area contributed by atoms with E-state index in [4.69, 9.17) is 5.11 Å². The summed E-state index contributed by atoms with van der Waals surface area (Å²) in [6.45, 7) is 1.66. The summed E-state index contributed by atoms with van der Waals surface area (Å²) in [5.41, 5.74) is 0.0302. The Morgan fingerprint density at radius 3 is 2.88 bits per heavy atom. The van der Waals surface area contributed by atoms with E-state index in [2.05, 4.69) is 15.6 Å². The lowest BCUT2D eigenvalue weighted by Gasteiger charge is -2.08. The number of carbonyl (C=O) groups is 2. The zero-order valence-corrected chi connectivity index (χ0v) is 8.80. The van der Waals surface area contributed by atoms with E-state index in [1.54, 1.807) is 0 Å². The highest BCUT2D eigenvalue weighted by atomic mass is 16.4. The molecule has 0 aliphatic heterocycles. The van der Waals surface area contributed by atoms with Gasteiger partial charge in [-0.05, 0) is 19.8 Å². The van der Waals surface area contributed by atoms with Gasteiger partial charge in [0.25, 0.3) is 5.91 Å². The van der Waals surface area contributed by atoms with Crippen LogP contribution in [0, 0.1) is 0 Å². The van der Waals surface area contributed by atoms with Gasteiger partial charge in [0.05, 0.1) is 6.20 Å². The maximum atomic E-state index is 11.6. The number of hydrogen-bond donors (Lipinski definition) is 2.